The van der Waals surface area contributed by atoms with Gasteiger partial charge in [-0.1, -0.05) is 58.4 Å². The fourth-order valence-corrected chi connectivity index (χ4v) is 3.89. The molecule has 5 aromatic rings. The van der Waals surface area contributed by atoms with Crippen LogP contribution in [0.2, 0.25) is 0 Å². The zero-order valence-electron chi connectivity index (χ0n) is 14.4. The van der Waals surface area contributed by atoms with Crippen LogP contribution in [0.25, 0.3) is 44.2 Å². The number of hydrogen-bond donors (Lipinski definition) is 2. The highest BCUT2D eigenvalue weighted by Crippen LogP contribution is 2.40. The molecule has 4 heteroatoms. The van der Waals surface area contributed by atoms with Crippen LogP contribution < -0.4 is 5.73 Å². The lowest BCUT2D eigenvalue weighted by Crippen LogP contribution is -1.90. The van der Waals surface area contributed by atoms with Crippen molar-refractivity contribution in [3.63, 3.8) is 0 Å². The maximum absolute atomic E-state index is 6.09. The van der Waals surface area contributed by atoms with Crippen molar-refractivity contribution in [3.8, 4) is 22.3 Å². The number of halogens is 1. The van der Waals surface area contributed by atoms with Gasteiger partial charge in [-0.25, -0.2) is 4.98 Å². The summed E-state index contributed by atoms with van der Waals surface area (Å²) in [6, 6.07) is 24.7. The Bertz CT molecular complexity index is 1270. The molecular weight excluding hydrogens is 398 g/mol. The van der Waals surface area contributed by atoms with Crippen LogP contribution in [0.1, 0.15) is 0 Å². The molecule has 0 saturated carbocycles. The Morgan fingerprint density at radius 1 is 0.852 bits per heavy atom. The van der Waals surface area contributed by atoms with Gasteiger partial charge in [0.25, 0.3) is 0 Å². The standard InChI is InChI=1S/C23H16BrN3/c24-16-8-6-14(7-9-16)19-13-26-23-22(21(19)15-4-2-1-3-5-15)18-12-17(25)10-11-20(18)27-23/h1-13H,25H2,(H,26,27). The summed E-state index contributed by atoms with van der Waals surface area (Å²) in [6.07, 6.45) is 1.95. The molecule has 2 heterocycles. The topological polar surface area (TPSA) is 54.7 Å². The summed E-state index contributed by atoms with van der Waals surface area (Å²) in [5, 5.41) is 2.19. The number of aromatic amines is 1. The number of anilines is 1. The van der Waals surface area contributed by atoms with Crippen LogP contribution in [0, 0.1) is 0 Å². The van der Waals surface area contributed by atoms with Crippen molar-refractivity contribution in [2.24, 2.45) is 0 Å². The first-order valence-electron chi connectivity index (χ1n) is 8.72. The van der Waals surface area contributed by atoms with Crippen LogP contribution in [-0.4, -0.2) is 9.97 Å². The van der Waals surface area contributed by atoms with Gasteiger partial charge < -0.3 is 10.7 Å². The minimum absolute atomic E-state index is 0.747. The SMILES string of the molecule is Nc1ccc2[nH]c3ncc(-c4ccc(Br)cc4)c(-c4ccccc4)c3c2c1. The molecular formula is C23H16BrN3. The first-order valence-corrected chi connectivity index (χ1v) is 9.51. The van der Waals surface area contributed by atoms with E-state index in [1.807, 2.05) is 30.5 Å². The predicted octanol–water partition coefficient (Wildman–Crippen LogP) is 6.39. The molecule has 0 atom stereocenters. The van der Waals surface area contributed by atoms with Gasteiger partial charge in [0.05, 0.1) is 0 Å². The average Bonchev–Trinajstić information content (AvgIpc) is 3.06. The number of hydrogen-bond acceptors (Lipinski definition) is 2. The minimum atomic E-state index is 0.747. The van der Waals surface area contributed by atoms with Crippen molar-refractivity contribution in [1.29, 1.82) is 0 Å². The van der Waals surface area contributed by atoms with Crippen molar-refractivity contribution < 1.29 is 0 Å². The maximum Gasteiger partial charge on any atom is 0.138 e. The molecule has 27 heavy (non-hydrogen) atoms. The van der Waals surface area contributed by atoms with Crippen LogP contribution in [0.15, 0.2) is 83.5 Å². The molecule has 0 radical (unpaired) electrons. The molecule has 2 aromatic heterocycles. The van der Waals surface area contributed by atoms with E-state index in [-0.39, 0.29) is 0 Å². The van der Waals surface area contributed by atoms with Crippen molar-refractivity contribution >= 4 is 43.6 Å². The van der Waals surface area contributed by atoms with Gasteiger partial charge >= 0.3 is 0 Å². The van der Waals surface area contributed by atoms with E-state index in [0.717, 1.165) is 48.8 Å². The molecule has 0 bridgehead atoms. The summed E-state index contributed by atoms with van der Waals surface area (Å²) in [7, 11) is 0. The zero-order chi connectivity index (χ0) is 18.4. The number of nitrogens with two attached hydrogens (primary N) is 1. The maximum atomic E-state index is 6.09. The number of aromatic nitrogens is 2. The smallest absolute Gasteiger partial charge is 0.138 e. The number of nitrogens with one attached hydrogen (secondary N) is 1. The van der Waals surface area contributed by atoms with Crippen LogP contribution in [-0.2, 0) is 0 Å². The fraction of sp³-hybridized carbons (Fsp3) is 0. The lowest BCUT2D eigenvalue weighted by molar-refractivity contribution is 1.34. The van der Waals surface area contributed by atoms with Gasteiger partial charge in [0.15, 0.2) is 0 Å². The number of H-pyrrole nitrogens is 1. The normalized spacial score (nSPS) is 11.3. The van der Waals surface area contributed by atoms with E-state index in [9.17, 15) is 0 Å². The molecule has 0 fully saturated rings. The third-order valence-electron chi connectivity index (χ3n) is 4.86. The summed E-state index contributed by atoms with van der Waals surface area (Å²) in [4.78, 5) is 8.15. The van der Waals surface area contributed by atoms with Gasteiger partial charge in [0, 0.05) is 43.8 Å². The van der Waals surface area contributed by atoms with Crippen LogP contribution in [0.5, 0.6) is 0 Å². The summed E-state index contributed by atoms with van der Waals surface area (Å²) >= 11 is 3.52. The Hall–Kier alpha value is -3.11. The Balaban J connectivity index is 1.94. The van der Waals surface area contributed by atoms with Crippen LogP contribution >= 0.6 is 15.9 Å². The second kappa shape index (κ2) is 6.25. The molecule has 3 nitrogen and oxygen atoms in total. The number of fused-ring (bicyclic) bond motifs is 3. The molecule has 3 N–H and O–H groups in total. The molecule has 130 valence electrons. The average molecular weight is 414 g/mol. The highest BCUT2D eigenvalue weighted by molar-refractivity contribution is 9.10. The molecule has 0 amide bonds. The molecule has 0 unspecified atom stereocenters. The molecule has 0 aliphatic heterocycles. The van der Waals surface area contributed by atoms with Gasteiger partial charge in [0.2, 0.25) is 0 Å². The van der Waals surface area contributed by atoms with Gasteiger partial charge in [-0.15, -0.1) is 0 Å². The van der Waals surface area contributed by atoms with Gasteiger partial charge in [-0.3, -0.25) is 0 Å². The van der Waals surface area contributed by atoms with Gasteiger partial charge in [0.1, 0.15) is 5.65 Å². The number of rotatable bonds is 2. The predicted molar refractivity (Wildman–Crippen MR) is 117 cm³/mol. The molecule has 5 rings (SSSR count). The van der Waals surface area contributed by atoms with E-state index >= 15 is 0 Å². The van der Waals surface area contributed by atoms with Crippen molar-refractivity contribution in [2.75, 3.05) is 5.73 Å². The largest absolute Gasteiger partial charge is 0.399 e. The van der Waals surface area contributed by atoms with Crippen LogP contribution in [0.4, 0.5) is 5.69 Å². The lowest BCUT2D eigenvalue weighted by atomic mass is 9.93. The van der Waals surface area contributed by atoms with E-state index in [2.05, 4.69) is 69.4 Å². The molecule has 0 aliphatic carbocycles. The van der Waals surface area contributed by atoms with Crippen molar-refractivity contribution in [2.45, 2.75) is 0 Å². The van der Waals surface area contributed by atoms with E-state index in [1.165, 1.54) is 5.56 Å². The number of nitrogens with zero attached hydrogens (tertiary/aromatic N) is 1. The van der Waals surface area contributed by atoms with Gasteiger partial charge in [-0.2, -0.15) is 0 Å². The summed E-state index contributed by atoms with van der Waals surface area (Å²) in [6.45, 7) is 0. The molecule has 0 saturated heterocycles. The molecule has 0 spiro atoms. The minimum Gasteiger partial charge on any atom is -0.399 e. The van der Waals surface area contributed by atoms with Crippen LogP contribution in [0.3, 0.4) is 0 Å². The van der Waals surface area contributed by atoms with Crippen molar-refractivity contribution in [1.82, 2.24) is 9.97 Å². The van der Waals surface area contributed by atoms with E-state index in [1.54, 1.807) is 0 Å². The number of pyridine rings is 1. The highest BCUT2D eigenvalue weighted by Gasteiger charge is 2.17. The third-order valence-corrected chi connectivity index (χ3v) is 5.39. The summed E-state index contributed by atoms with van der Waals surface area (Å²) in [5.74, 6) is 0. The van der Waals surface area contributed by atoms with E-state index in [4.69, 9.17) is 10.7 Å². The van der Waals surface area contributed by atoms with Gasteiger partial charge in [-0.05, 0) is 41.5 Å². The van der Waals surface area contributed by atoms with Crippen molar-refractivity contribution in [3.05, 3.63) is 83.5 Å². The van der Waals surface area contributed by atoms with E-state index < -0.39 is 0 Å². The van der Waals surface area contributed by atoms with E-state index in [0.29, 0.717) is 0 Å². The summed E-state index contributed by atoms with van der Waals surface area (Å²) in [5.41, 5.74) is 13.3. The fourth-order valence-electron chi connectivity index (χ4n) is 3.63. The first kappa shape index (κ1) is 16.1. The second-order valence-electron chi connectivity index (χ2n) is 6.57. The second-order valence-corrected chi connectivity index (χ2v) is 7.49. The first-order chi connectivity index (χ1) is 13.2. The summed E-state index contributed by atoms with van der Waals surface area (Å²) < 4.78 is 1.06. The number of benzene rings is 3. The zero-order valence-corrected chi connectivity index (χ0v) is 16.0. The quantitative estimate of drug-likeness (QED) is 0.329. The Morgan fingerprint density at radius 3 is 2.41 bits per heavy atom. The lowest BCUT2D eigenvalue weighted by Gasteiger charge is -2.12. The highest BCUT2D eigenvalue weighted by atomic mass is 79.9. The molecule has 3 aromatic carbocycles. The Morgan fingerprint density at radius 2 is 1.63 bits per heavy atom. The monoisotopic (exact) mass is 413 g/mol. The molecule has 0 aliphatic rings. The number of nitrogen functional groups attached to an aromatic ring is 1. The third kappa shape index (κ3) is 2.69. The Labute approximate surface area is 165 Å². The Kier molecular flexibility index (Phi) is 3.73.